The van der Waals surface area contributed by atoms with Gasteiger partial charge in [0, 0.05) is 16.6 Å². The molecule has 3 atom stereocenters. The summed E-state index contributed by atoms with van der Waals surface area (Å²) in [4.78, 5) is 12.3. The Morgan fingerprint density at radius 1 is 1.25 bits per heavy atom. The Labute approximate surface area is 129 Å². The highest BCUT2D eigenvalue weighted by molar-refractivity contribution is 9.10. The first-order chi connectivity index (χ1) is 9.52. The van der Waals surface area contributed by atoms with E-state index in [4.69, 9.17) is 0 Å². The quantitative estimate of drug-likeness (QED) is 0.841. The van der Waals surface area contributed by atoms with Crippen molar-refractivity contribution < 1.29 is 4.79 Å². The van der Waals surface area contributed by atoms with Crippen LogP contribution >= 0.6 is 15.9 Å². The van der Waals surface area contributed by atoms with Crippen LogP contribution in [0.25, 0.3) is 0 Å². The van der Waals surface area contributed by atoms with Gasteiger partial charge in [0.25, 0.3) is 0 Å². The first-order valence-corrected chi connectivity index (χ1v) is 8.39. The Morgan fingerprint density at radius 3 is 2.50 bits per heavy atom. The zero-order valence-electron chi connectivity index (χ0n) is 12.2. The average Bonchev–Trinajstić information content (AvgIpc) is 2.95. The van der Waals surface area contributed by atoms with Crippen LogP contribution in [-0.2, 0) is 4.79 Å². The van der Waals surface area contributed by atoms with Crippen LogP contribution in [0.4, 0.5) is 5.69 Å². The van der Waals surface area contributed by atoms with E-state index in [-0.39, 0.29) is 5.91 Å². The van der Waals surface area contributed by atoms with Gasteiger partial charge in [-0.15, -0.1) is 0 Å². The van der Waals surface area contributed by atoms with Gasteiger partial charge in [0.15, 0.2) is 0 Å². The maximum atomic E-state index is 12.3. The second-order valence-electron chi connectivity index (χ2n) is 6.60. The molecule has 0 saturated heterocycles. The van der Waals surface area contributed by atoms with Crippen molar-refractivity contribution in [2.45, 2.75) is 46.0 Å². The number of anilines is 1. The fraction of sp³-hybridized carbons (Fsp3) is 0.588. The Morgan fingerprint density at radius 2 is 1.95 bits per heavy atom. The lowest BCUT2D eigenvalue weighted by Gasteiger charge is -2.21. The molecule has 0 aromatic heterocycles. The molecule has 2 saturated carbocycles. The monoisotopic (exact) mass is 335 g/mol. The van der Waals surface area contributed by atoms with Gasteiger partial charge in [0.2, 0.25) is 5.91 Å². The van der Waals surface area contributed by atoms with E-state index in [9.17, 15) is 4.79 Å². The van der Waals surface area contributed by atoms with E-state index >= 15 is 0 Å². The van der Waals surface area contributed by atoms with Crippen LogP contribution in [0.5, 0.6) is 0 Å². The summed E-state index contributed by atoms with van der Waals surface area (Å²) in [5.74, 6) is 2.55. The molecule has 1 N–H and O–H groups in total. The summed E-state index contributed by atoms with van der Waals surface area (Å²) in [5.41, 5.74) is 3.23. The van der Waals surface area contributed by atoms with Crippen LogP contribution < -0.4 is 5.32 Å². The number of rotatable bonds is 3. The first kappa shape index (κ1) is 14.1. The SMILES string of the molecule is Cc1cc(Br)cc(C)c1NC(=O)CC1CC2CCC1C2. The number of carbonyl (C=O) groups is 1. The molecule has 2 fully saturated rings. The minimum absolute atomic E-state index is 0.191. The molecule has 0 radical (unpaired) electrons. The number of nitrogens with one attached hydrogen (secondary N) is 1. The van der Waals surface area contributed by atoms with Crippen LogP contribution in [0.1, 0.15) is 43.2 Å². The van der Waals surface area contributed by atoms with E-state index in [2.05, 4.69) is 33.4 Å². The van der Waals surface area contributed by atoms with Gasteiger partial charge in [0.1, 0.15) is 0 Å². The minimum Gasteiger partial charge on any atom is -0.326 e. The van der Waals surface area contributed by atoms with E-state index in [0.717, 1.165) is 33.1 Å². The third-order valence-electron chi connectivity index (χ3n) is 5.09. The summed E-state index contributed by atoms with van der Waals surface area (Å²) in [5, 5.41) is 3.13. The fourth-order valence-corrected chi connectivity index (χ4v) is 4.85. The van der Waals surface area contributed by atoms with Crippen molar-refractivity contribution in [2.24, 2.45) is 17.8 Å². The second-order valence-corrected chi connectivity index (χ2v) is 7.52. The maximum absolute atomic E-state index is 12.3. The van der Waals surface area contributed by atoms with Crippen molar-refractivity contribution in [1.82, 2.24) is 0 Å². The molecule has 3 heteroatoms. The van der Waals surface area contributed by atoms with Gasteiger partial charge in [-0.2, -0.15) is 0 Å². The van der Waals surface area contributed by atoms with Crippen molar-refractivity contribution in [3.05, 3.63) is 27.7 Å². The van der Waals surface area contributed by atoms with Crippen molar-refractivity contribution in [3.8, 4) is 0 Å². The topological polar surface area (TPSA) is 29.1 Å². The van der Waals surface area contributed by atoms with Crippen LogP contribution in [-0.4, -0.2) is 5.91 Å². The minimum atomic E-state index is 0.191. The molecule has 1 aromatic rings. The Balaban J connectivity index is 1.65. The summed E-state index contributed by atoms with van der Waals surface area (Å²) < 4.78 is 1.07. The van der Waals surface area contributed by atoms with Crippen molar-refractivity contribution in [3.63, 3.8) is 0 Å². The molecular formula is C17H22BrNO. The smallest absolute Gasteiger partial charge is 0.224 e. The molecule has 2 nitrogen and oxygen atoms in total. The molecule has 3 unspecified atom stereocenters. The molecule has 1 aromatic carbocycles. The standard InChI is InChI=1S/C17H22BrNO/c1-10-5-15(18)6-11(2)17(10)19-16(20)9-14-8-12-3-4-13(14)7-12/h5-6,12-14H,3-4,7-9H2,1-2H3,(H,19,20). The summed E-state index contributed by atoms with van der Waals surface area (Å²) in [6.07, 6.45) is 6.09. The molecule has 2 bridgehead atoms. The second kappa shape index (κ2) is 5.51. The van der Waals surface area contributed by atoms with Crippen LogP contribution in [0.3, 0.4) is 0 Å². The van der Waals surface area contributed by atoms with Crippen molar-refractivity contribution >= 4 is 27.5 Å². The number of carbonyl (C=O) groups excluding carboxylic acids is 1. The molecule has 2 aliphatic carbocycles. The largest absolute Gasteiger partial charge is 0.326 e. The van der Waals surface area contributed by atoms with Gasteiger partial charge in [0.05, 0.1) is 0 Å². The third kappa shape index (κ3) is 2.78. The lowest BCUT2D eigenvalue weighted by Crippen LogP contribution is -2.21. The Hall–Kier alpha value is -0.830. The number of amides is 1. The third-order valence-corrected chi connectivity index (χ3v) is 5.55. The molecule has 1 amide bonds. The molecule has 0 spiro atoms. The number of halogens is 1. The Bertz CT molecular complexity index is 517. The summed E-state index contributed by atoms with van der Waals surface area (Å²) in [6, 6.07) is 4.11. The molecule has 2 aliphatic rings. The van der Waals surface area contributed by atoms with E-state index in [1.54, 1.807) is 0 Å². The lowest BCUT2D eigenvalue weighted by atomic mass is 9.86. The normalized spacial score (nSPS) is 27.9. The van der Waals surface area contributed by atoms with E-state index in [0.29, 0.717) is 12.3 Å². The Kier molecular flexibility index (Phi) is 3.89. The molecule has 3 rings (SSSR count). The molecule has 0 aliphatic heterocycles. The first-order valence-electron chi connectivity index (χ1n) is 7.59. The van der Waals surface area contributed by atoms with E-state index < -0.39 is 0 Å². The van der Waals surface area contributed by atoms with Gasteiger partial charge < -0.3 is 5.32 Å². The number of fused-ring (bicyclic) bond motifs is 2. The molecule has 108 valence electrons. The highest BCUT2D eigenvalue weighted by atomic mass is 79.9. The van der Waals surface area contributed by atoms with Gasteiger partial charge in [-0.3, -0.25) is 4.79 Å². The zero-order chi connectivity index (χ0) is 14.3. The highest BCUT2D eigenvalue weighted by Crippen LogP contribution is 2.49. The summed E-state index contributed by atoms with van der Waals surface area (Å²) in [7, 11) is 0. The zero-order valence-corrected chi connectivity index (χ0v) is 13.8. The van der Waals surface area contributed by atoms with Crippen molar-refractivity contribution in [1.29, 1.82) is 0 Å². The number of benzene rings is 1. The summed E-state index contributed by atoms with van der Waals surface area (Å²) >= 11 is 3.49. The summed E-state index contributed by atoms with van der Waals surface area (Å²) in [6.45, 7) is 4.09. The van der Waals surface area contributed by atoms with Gasteiger partial charge >= 0.3 is 0 Å². The number of hydrogen-bond donors (Lipinski definition) is 1. The van der Waals surface area contributed by atoms with Crippen molar-refractivity contribution in [2.75, 3.05) is 5.32 Å². The predicted molar refractivity (Wildman–Crippen MR) is 85.8 cm³/mol. The highest BCUT2D eigenvalue weighted by Gasteiger charge is 2.40. The fourth-order valence-electron chi connectivity index (χ4n) is 4.16. The van der Waals surface area contributed by atoms with Gasteiger partial charge in [-0.25, -0.2) is 0 Å². The van der Waals surface area contributed by atoms with Crippen LogP contribution in [0, 0.1) is 31.6 Å². The van der Waals surface area contributed by atoms with Crippen LogP contribution in [0.15, 0.2) is 16.6 Å². The van der Waals surface area contributed by atoms with Gasteiger partial charge in [-0.1, -0.05) is 22.4 Å². The molecule has 20 heavy (non-hydrogen) atoms. The van der Waals surface area contributed by atoms with Gasteiger partial charge in [-0.05, 0) is 74.1 Å². The van der Waals surface area contributed by atoms with E-state index in [1.807, 2.05) is 13.8 Å². The maximum Gasteiger partial charge on any atom is 0.224 e. The van der Waals surface area contributed by atoms with E-state index in [1.165, 1.54) is 25.7 Å². The average molecular weight is 336 g/mol. The molecule has 0 heterocycles. The number of aryl methyl sites for hydroxylation is 2. The molecular weight excluding hydrogens is 314 g/mol. The van der Waals surface area contributed by atoms with Crippen LogP contribution in [0.2, 0.25) is 0 Å². The predicted octanol–water partition coefficient (Wildman–Crippen LogP) is 4.83. The number of hydrogen-bond acceptors (Lipinski definition) is 1. The lowest BCUT2D eigenvalue weighted by molar-refractivity contribution is -0.117.